The van der Waals surface area contributed by atoms with Crippen LogP contribution in [0.2, 0.25) is 0 Å². The highest BCUT2D eigenvalue weighted by atomic mass is 32.2. The fraction of sp³-hybridized carbons (Fsp3) is 0.304. The van der Waals surface area contributed by atoms with Gasteiger partial charge in [-0.15, -0.1) is 11.8 Å². The number of anilines is 1. The SMILES string of the molecule is COc1ccc2c(c1)SC(c1ccccc1)C(NC(=O)[C@@H]1CCC(=O)O1)C(=O)N2CC(N)=O. The Morgan fingerprint density at radius 2 is 1.97 bits per heavy atom. The highest BCUT2D eigenvalue weighted by Crippen LogP contribution is 2.47. The lowest BCUT2D eigenvalue weighted by Crippen LogP contribution is -2.54. The summed E-state index contributed by atoms with van der Waals surface area (Å²) in [6.45, 7) is -0.356. The Hall–Kier alpha value is -3.53. The first-order valence-corrected chi connectivity index (χ1v) is 11.2. The van der Waals surface area contributed by atoms with Crippen molar-refractivity contribution in [3.63, 3.8) is 0 Å². The molecule has 4 rings (SSSR count). The van der Waals surface area contributed by atoms with E-state index in [1.54, 1.807) is 18.2 Å². The van der Waals surface area contributed by atoms with Gasteiger partial charge < -0.3 is 25.4 Å². The topological polar surface area (TPSA) is 128 Å². The average Bonchev–Trinajstić information content (AvgIpc) is 3.22. The van der Waals surface area contributed by atoms with Gasteiger partial charge in [-0.2, -0.15) is 0 Å². The van der Waals surface area contributed by atoms with Gasteiger partial charge in [0.25, 0.3) is 11.8 Å². The maximum absolute atomic E-state index is 13.7. The van der Waals surface area contributed by atoms with Crippen LogP contribution in [0.25, 0.3) is 0 Å². The van der Waals surface area contributed by atoms with Gasteiger partial charge >= 0.3 is 5.97 Å². The Bertz CT molecular complexity index is 1090. The number of thioether (sulfide) groups is 1. The van der Waals surface area contributed by atoms with Crippen LogP contribution in [0.3, 0.4) is 0 Å². The van der Waals surface area contributed by atoms with E-state index >= 15 is 0 Å². The molecule has 3 N–H and O–H groups in total. The maximum Gasteiger partial charge on any atom is 0.306 e. The van der Waals surface area contributed by atoms with Crippen molar-refractivity contribution in [2.75, 3.05) is 18.6 Å². The molecule has 1 fully saturated rings. The number of methoxy groups -OCH3 is 1. The number of ether oxygens (including phenoxy) is 2. The summed E-state index contributed by atoms with van der Waals surface area (Å²) in [5.74, 6) is -1.60. The van der Waals surface area contributed by atoms with Gasteiger partial charge in [-0.3, -0.25) is 19.2 Å². The van der Waals surface area contributed by atoms with Crippen molar-refractivity contribution in [2.45, 2.75) is 35.1 Å². The number of benzene rings is 2. The summed E-state index contributed by atoms with van der Waals surface area (Å²) in [6.07, 6.45) is -0.564. The molecule has 0 bridgehead atoms. The zero-order valence-corrected chi connectivity index (χ0v) is 18.7. The quantitative estimate of drug-likeness (QED) is 0.615. The Morgan fingerprint density at radius 1 is 1.21 bits per heavy atom. The summed E-state index contributed by atoms with van der Waals surface area (Å²) < 4.78 is 10.4. The number of primary amides is 1. The average molecular weight is 470 g/mol. The van der Waals surface area contributed by atoms with Gasteiger partial charge in [0.05, 0.1) is 18.0 Å². The highest BCUT2D eigenvalue weighted by molar-refractivity contribution is 7.99. The molecule has 0 saturated carbocycles. The van der Waals surface area contributed by atoms with Crippen molar-refractivity contribution in [1.82, 2.24) is 5.32 Å². The molecule has 2 unspecified atom stereocenters. The zero-order chi connectivity index (χ0) is 23.5. The number of rotatable bonds is 6. The summed E-state index contributed by atoms with van der Waals surface area (Å²) >= 11 is 1.37. The first-order valence-electron chi connectivity index (χ1n) is 10.4. The molecule has 9 nitrogen and oxygen atoms in total. The predicted molar refractivity (Wildman–Crippen MR) is 121 cm³/mol. The van der Waals surface area contributed by atoms with E-state index in [0.717, 1.165) is 5.56 Å². The first kappa shape index (κ1) is 22.7. The molecule has 172 valence electrons. The molecule has 3 amide bonds. The predicted octanol–water partition coefficient (Wildman–Crippen LogP) is 1.55. The van der Waals surface area contributed by atoms with Crippen molar-refractivity contribution < 1.29 is 28.7 Å². The van der Waals surface area contributed by atoms with Crippen LogP contribution >= 0.6 is 11.8 Å². The lowest BCUT2D eigenvalue weighted by Gasteiger charge is -2.28. The third kappa shape index (κ3) is 4.80. The van der Waals surface area contributed by atoms with Crippen molar-refractivity contribution >= 4 is 41.1 Å². The van der Waals surface area contributed by atoms with Crippen LogP contribution in [0.15, 0.2) is 53.4 Å². The Labute approximate surface area is 194 Å². The summed E-state index contributed by atoms with van der Waals surface area (Å²) in [5.41, 5.74) is 6.75. The zero-order valence-electron chi connectivity index (χ0n) is 17.9. The van der Waals surface area contributed by atoms with Crippen molar-refractivity contribution in [3.05, 3.63) is 54.1 Å². The molecular weight excluding hydrogens is 446 g/mol. The van der Waals surface area contributed by atoms with Gasteiger partial charge in [-0.05, 0) is 23.8 Å². The van der Waals surface area contributed by atoms with E-state index in [2.05, 4.69) is 5.32 Å². The third-order valence-corrected chi connectivity index (χ3v) is 6.84. The van der Waals surface area contributed by atoms with Crippen molar-refractivity contribution in [3.8, 4) is 5.75 Å². The summed E-state index contributed by atoms with van der Waals surface area (Å²) in [7, 11) is 1.54. The van der Waals surface area contributed by atoms with E-state index in [1.807, 2.05) is 30.3 Å². The molecule has 0 spiro atoms. The molecule has 2 aliphatic rings. The van der Waals surface area contributed by atoms with Crippen LogP contribution in [0, 0.1) is 0 Å². The van der Waals surface area contributed by atoms with Crippen LogP contribution in [0.5, 0.6) is 5.75 Å². The van der Waals surface area contributed by atoms with E-state index in [4.69, 9.17) is 15.2 Å². The van der Waals surface area contributed by atoms with E-state index in [1.165, 1.54) is 23.8 Å². The Balaban J connectivity index is 1.77. The van der Waals surface area contributed by atoms with Crippen molar-refractivity contribution in [1.29, 1.82) is 0 Å². The number of carbonyl (C=O) groups is 4. The minimum atomic E-state index is -1.04. The molecule has 2 aromatic carbocycles. The molecule has 1 saturated heterocycles. The summed E-state index contributed by atoms with van der Waals surface area (Å²) in [4.78, 5) is 52.0. The number of nitrogens with one attached hydrogen (secondary N) is 1. The summed E-state index contributed by atoms with van der Waals surface area (Å²) in [5, 5.41) is 2.25. The van der Waals surface area contributed by atoms with Crippen molar-refractivity contribution in [2.24, 2.45) is 5.73 Å². The largest absolute Gasteiger partial charge is 0.497 e. The Morgan fingerprint density at radius 3 is 2.61 bits per heavy atom. The molecule has 33 heavy (non-hydrogen) atoms. The van der Waals surface area contributed by atoms with E-state index in [0.29, 0.717) is 16.3 Å². The van der Waals surface area contributed by atoms with Gasteiger partial charge in [0, 0.05) is 17.7 Å². The smallest absolute Gasteiger partial charge is 0.306 e. The third-order valence-electron chi connectivity index (χ3n) is 5.46. The lowest BCUT2D eigenvalue weighted by atomic mass is 10.0. The van der Waals surface area contributed by atoms with Crippen LogP contribution in [0.1, 0.15) is 23.7 Å². The molecule has 3 atom stereocenters. The number of fused-ring (bicyclic) bond motifs is 1. The number of cyclic esters (lactones) is 1. The molecule has 2 aromatic rings. The van der Waals surface area contributed by atoms with E-state index in [-0.39, 0.29) is 19.4 Å². The molecule has 2 aliphatic heterocycles. The minimum Gasteiger partial charge on any atom is -0.497 e. The second-order valence-corrected chi connectivity index (χ2v) is 8.86. The number of hydrogen-bond acceptors (Lipinski definition) is 7. The molecule has 0 aromatic heterocycles. The minimum absolute atomic E-state index is 0.145. The van der Waals surface area contributed by atoms with Crippen LogP contribution < -0.4 is 20.7 Å². The van der Waals surface area contributed by atoms with Crippen LogP contribution in [0.4, 0.5) is 5.69 Å². The highest BCUT2D eigenvalue weighted by Gasteiger charge is 2.42. The normalized spacial score (nSPS) is 22.2. The second kappa shape index (κ2) is 9.53. The van der Waals surface area contributed by atoms with Crippen LogP contribution in [-0.4, -0.2) is 49.5 Å². The molecular formula is C23H23N3O6S. The first-order chi connectivity index (χ1) is 15.9. The number of hydrogen-bond donors (Lipinski definition) is 2. The molecule has 2 heterocycles. The Kier molecular flexibility index (Phi) is 6.55. The lowest BCUT2D eigenvalue weighted by molar-refractivity contribution is -0.148. The molecule has 0 aliphatic carbocycles. The van der Waals surface area contributed by atoms with Gasteiger partial charge in [0.1, 0.15) is 18.3 Å². The number of carbonyl (C=O) groups excluding carboxylic acids is 4. The number of amides is 3. The van der Waals surface area contributed by atoms with Gasteiger partial charge in [0.2, 0.25) is 5.91 Å². The molecule has 0 radical (unpaired) electrons. The standard InChI is InChI=1S/C23H23N3O6S/c1-31-14-7-8-15-17(11-14)33-21(13-5-3-2-4-6-13)20(23(30)26(15)12-18(24)27)25-22(29)16-9-10-19(28)32-16/h2-8,11,16,20-21H,9-10,12H2,1H3,(H2,24,27)(H,25,29)/t16-,20?,21?/m0/s1. The van der Waals surface area contributed by atoms with Gasteiger partial charge in [-0.25, -0.2) is 0 Å². The fourth-order valence-electron chi connectivity index (χ4n) is 3.88. The van der Waals surface area contributed by atoms with Crippen LogP contribution in [-0.2, 0) is 23.9 Å². The molecule has 10 heteroatoms. The maximum atomic E-state index is 13.7. The number of nitrogens with zero attached hydrogens (tertiary/aromatic N) is 1. The monoisotopic (exact) mass is 469 g/mol. The van der Waals surface area contributed by atoms with Gasteiger partial charge in [-0.1, -0.05) is 30.3 Å². The number of esters is 1. The fourth-order valence-corrected chi connectivity index (χ4v) is 5.25. The van der Waals surface area contributed by atoms with E-state index in [9.17, 15) is 19.2 Å². The van der Waals surface area contributed by atoms with E-state index < -0.39 is 41.1 Å². The number of nitrogens with two attached hydrogens (primary N) is 1. The summed E-state index contributed by atoms with van der Waals surface area (Å²) in [6, 6.07) is 13.4. The second-order valence-electron chi connectivity index (χ2n) is 7.68. The van der Waals surface area contributed by atoms with Gasteiger partial charge in [0.15, 0.2) is 6.10 Å².